The first-order valence-electron chi connectivity index (χ1n) is 8.72. The molecule has 1 aromatic rings. The van der Waals surface area contributed by atoms with E-state index in [1.54, 1.807) is 0 Å². The van der Waals surface area contributed by atoms with Crippen LogP contribution in [0, 0.1) is 5.92 Å². The Bertz CT molecular complexity index is 629. The molecule has 8 heteroatoms. The summed E-state index contributed by atoms with van der Waals surface area (Å²) in [5, 5.41) is 6.21. The van der Waals surface area contributed by atoms with Crippen molar-refractivity contribution >= 4 is 23.2 Å². The van der Waals surface area contributed by atoms with Gasteiger partial charge in [-0.15, -0.1) is 0 Å². The van der Waals surface area contributed by atoms with E-state index in [2.05, 4.69) is 10.6 Å². The number of nitrogens with zero attached hydrogens (tertiary/aromatic N) is 1. The number of alkyl halides is 3. The minimum Gasteiger partial charge on any atom is -0.372 e. The molecular weight excluding hydrogens is 367 g/mol. The number of halogens is 4. The lowest BCUT2D eigenvalue weighted by Gasteiger charge is -2.35. The van der Waals surface area contributed by atoms with Gasteiger partial charge in [-0.05, 0) is 44.0 Å². The van der Waals surface area contributed by atoms with Crippen molar-refractivity contribution in [3.63, 3.8) is 0 Å². The van der Waals surface area contributed by atoms with Crippen molar-refractivity contribution < 1.29 is 18.0 Å². The third-order valence-corrected chi connectivity index (χ3v) is 5.07. The van der Waals surface area contributed by atoms with Crippen LogP contribution in [0.15, 0.2) is 18.2 Å². The fraction of sp³-hybridized carbons (Fsp3) is 0.611. The van der Waals surface area contributed by atoms with Crippen molar-refractivity contribution in [1.29, 1.82) is 0 Å². The highest BCUT2D eigenvalue weighted by molar-refractivity contribution is 6.33. The fourth-order valence-corrected chi connectivity index (χ4v) is 3.31. The molecule has 146 valence electrons. The zero-order chi connectivity index (χ0) is 19.5. The molecule has 1 amide bonds. The molecule has 2 rings (SSSR count). The van der Waals surface area contributed by atoms with Gasteiger partial charge in [0.1, 0.15) is 6.04 Å². The highest BCUT2D eigenvalue weighted by atomic mass is 35.5. The SMILES string of the molecule is CNC1CCN(C(=O)C(Nc2ccc(C(F)(F)F)cc2Cl)C(C)C)CC1. The minimum atomic E-state index is -4.45. The monoisotopic (exact) mass is 391 g/mol. The largest absolute Gasteiger partial charge is 0.416 e. The van der Waals surface area contributed by atoms with Crippen LogP contribution in [0.1, 0.15) is 32.3 Å². The van der Waals surface area contributed by atoms with Gasteiger partial charge in [-0.2, -0.15) is 13.2 Å². The summed E-state index contributed by atoms with van der Waals surface area (Å²) in [6.45, 7) is 5.12. The maximum absolute atomic E-state index is 12.9. The van der Waals surface area contributed by atoms with Gasteiger partial charge in [-0.1, -0.05) is 25.4 Å². The molecule has 1 unspecified atom stereocenters. The molecule has 0 aliphatic carbocycles. The van der Waals surface area contributed by atoms with Crippen molar-refractivity contribution in [3.8, 4) is 0 Å². The molecule has 1 heterocycles. The van der Waals surface area contributed by atoms with Crippen LogP contribution in [-0.4, -0.2) is 43.0 Å². The molecule has 1 fully saturated rings. The standard InChI is InChI=1S/C18H25ClF3N3O/c1-11(2)16(17(26)25-8-6-13(23-3)7-9-25)24-15-5-4-12(10-14(15)19)18(20,21)22/h4-5,10-11,13,16,23-24H,6-9H2,1-3H3. The van der Waals surface area contributed by atoms with Gasteiger partial charge in [0.05, 0.1) is 16.3 Å². The van der Waals surface area contributed by atoms with E-state index in [4.69, 9.17) is 11.6 Å². The first-order valence-corrected chi connectivity index (χ1v) is 9.10. The molecule has 4 nitrogen and oxygen atoms in total. The van der Waals surface area contributed by atoms with Crippen molar-refractivity contribution in [3.05, 3.63) is 28.8 Å². The molecule has 1 saturated heterocycles. The lowest BCUT2D eigenvalue weighted by molar-refractivity contribution is -0.137. The van der Waals surface area contributed by atoms with Crippen LogP contribution in [0.4, 0.5) is 18.9 Å². The van der Waals surface area contributed by atoms with E-state index in [-0.39, 0.29) is 16.8 Å². The predicted octanol–water partition coefficient (Wildman–Crippen LogP) is 4.01. The van der Waals surface area contributed by atoms with E-state index in [1.807, 2.05) is 25.8 Å². The smallest absolute Gasteiger partial charge is 0.372 e. The maximum Gasteiger partial charge on any atom is 0.416 e. The molecular formula is C18H25ClF3N3O. The molecule has 1 atom stereocenters. The van der Waals surface area contributed by atoms with Gasteiger partial charge in [0.15, 0.2) is 0 Å². The van der Waals surface area contributed by atoms with Crippen LogP contribution in [0.3, 0.4) is 0 Å². The minimum absolute atomic E-state index is 0.0390. The summed E-state index contributed by atoms with van der Waals surface area (Å²) in [5.41, 5.74) is -0.480. The number of amides is 1. The normalized spacial score (nSPS) is 17.5. The highest BCUT2D eigenvalue weighted by Crippen LogP contribution is 2.34. The second kappa shape index (κ2) is 8.48. The second-order valence-electron chi connectivity index (χ2n) is 6.95. The molecule has 0 bridgehead atoms. The summed E-state index contributed by atoms with van der Waals surface area (Å²) >= 11 is 6.02. The van der Waals surface area contributed by atoms with E-state index >= 15 is 0 Å². The van der Waals surface area contributed by atoms with E-state index in [1.165, 1.54) is 6.07 Å². The zero-order valence-corrected chi connectivity index (χ0v) is 15.9. The highest BCUT2D eigenvalue weighted by Gasteiger charge is 2.32. The van der Waals surface area contributed by atoms with E-state index < -0.39 is 17.8 Å². The summed E-state index contributed by atoms with van der Waals surface area (Å²) in [7, 11) is 1.91. The van der Waals surface area contributed by atoms with E-state index in [9.17, 15) is 18.0 Å². The first kappa shape index (κ1) is 20.8. The number of rotatable bonds is 5. The molecule has 0 saturated carbocycles. The number of anilines is 1. The second-order valence-corrected chi connectivity index (χ2v) is 7.35. The van der Waals surface area contributed by atoms with Crippen molar-refractivity contribution in [2.24, 2.45) is 5.92 Å². The van der Waals surface area contributed by atoms with Crippen LogP contribution in [-0.2, 0) is 11.0 Å². The average molecular weight is 392 g/mol. The van der Waals surface area contributed by atoms with Crippen molar-refractivity contribution in [2.75, 3.05) is 25.5 Å². The first-order chi connectivity index (χ1) is 12.1. The van der Waals surface area contributed by atoms with Crippen LogP contribution in [0.5, 0.6) is 0 Å². The van der Waals surface area contributed by atoms with Crippen LogP contribution >= 0.6 is 11.6 Å². The van der Waals surface area contributed by atoms with Gasteiger partial charge in [0.25, 0.3) is 0 Å². The number of likely N-dealkylation sites (tertiary alicyclic amines) is 1. The van der Waals surface area contributed by atoms with Gasteiger partial charge in [-0.3, -0.25) is 4.79 Å². The van der Waals surface area contributed by atoms with Gasteiger partial charge in [0.2, 0.25) is 5.91 Å². The maximum atomic E-state index is 12.9. The van der Waals surface area contributed by atoms with Gasteiger partial charge in [0, 0.05) is 19.1 Å². The summed E-state index contributed by atoms with van der Waals surface area (Å²) in [6, 6.07) is 2.99. The number of nitrogens with one attached hydrogen (secondary N) is 2. The number of hydrogen-bond acceptors (Lipinski definition) is 3. The summed E-state index contributed by atoms with van der Waals surface area (Å²) < 4.78 is 38.3. The molecule has 1 aliphatic heterocycles. The lowest BCUT2D eigenvalue weighted by atomic mass is 9.99. The Morgan fingerprint density at radius 3 is 2.35 bits per heavy atom. The number of carbonyl (C=O) groups excluding carboxylic acids is 1. The third kappa shape index (κ3) is 5.04. The lowest BCUT2D eigenvalue weighted by Crippen LogP contribution is -2.50. The molecule has 26 heavy (non-hydrogen) atoms. The van der Waals surface area contributed by atoms with Crippen molar-refractivity contribution in [1.82, 2.24) is 10.2 Å². The Morgan fingerprint density at radius 2 is 1.88 bits per heavy atom. The predicted molar refractivity (Wildman–Crippen MR) is 97.4 cm³/mol. The summed E-state index contributed by atoms with van der Waals surface area (Å²) in [6.07, 6.45) is -2.69. The van der Waals surface area contributed by atoms with Crippen molar-refractivity contribution in [2.45, 2.75) is 44.9 Å². The number of benzene rings is 1. The Labute approximate surface area is 157 Å². The molecule has 0 radical (unpaired) electrons. The number of hydrogen-bond donors (Lipinski definition) is 2. The van der Waals surface area contributed by atoms with Gasteiger partial charge < -0.3 is 15.5 Å². The Morgan fingerprint density at radius 1 is 1.27 bits per heavy atom. The Kier molecular flexibility index (Phi) is 6.80. The number of piperidine rings is 1. The van der Waals surface area contributed by atoms with Crippen LogP contribution < -0.4 is 10.6 Å². The Balaban J connectivity index is 2.12. The summed E-state index contributed by atoms with van der Waals surface area (Å²) in [5.74, 6) is -0.0894. The van der Waals surface area contributed by atoms with E-state index in [0.29, 0.717) is 24.8 Å². The fourth-order valence-electron chi connectivity index (χ4n) is 3.07. The molecule has 0 aromatic heterocycles. The van der Waals surface area contributed by atoms with Crippen LogP contribution in [0.2, 0.25) is 5.02 Å². The number of carbonyl (C=O) groups is 1. The average Bonchev–Trinajstić information content (AvgIpc) is 2.59. The van der Waals surface area contributed by atoms with Gasteiger partial charge in [-0.25, -0.2) is 0 Å². The Hall–Kier alpha value is -1.47. The zero-order valence-electron chi connectivity index (χ0n) is 15.2. The molecule has 1 aromatic carbocycles. The van der Waals surface area contributed by atoms with Crippen LogP contribution in [0.25, 0.3) is 0 Å². The van der Waals surface area contributed by atoms with Gasteiger partial charge >= 0.3 is 6.18 Å². The molecule has 1 aliphatic rings. The van der Waals surface area contributed by atoms with E-state index in [0.717, 1.165) is 25.0 Å². The topological polar surface area (TPSA) is 44.4 Å². The third-order valence-electron chi connectivity index (χ3n) is 4.76. The molecule has 2 N–H and O–H groups in total. The summed E-state index contributed by atoms with van der Waals surface area (Å²) in [4.78, 5) is 14.7. The molecule has 0 spiro atoms. The quantitative estimate of drug-likeness (QED) is 0.797.